The highest BCUT2D eigenvalue weighted by atomic mass is 14.9. The molecular formula is C15H29N13. The third-order valence-corrected chi connectivity index (χ3v) is 4.98. The second-order valence-corrected chi connectivity index (χ2v) is 6.59. The molecule has 26 N–H and O–H groups in total. The number of hydrogen-bond acceptors (Lipinski definition) is 13. The molecule has 0 spiro atoms. The van der Waals surface area contributed by atoms with E-state index < -0.39 is 18.1 Å². The fourth-order valence-corrected chi connectivity index (χ4v) is 3.07. The van der Waals surface area contributed by atoms with E-state index in [4.69, 9.17) is 74.5 Å². The van der Waals surface area contributed by atoms with Crippen molar-refractivity contribution in [3.8, 4) is 0 Å². The van der Waals surface area contributed by atoms with Crippen molar-refractivity contribution in [1.29, 1.82) is 0 Å². The second-order valence-electron chi connectivity index (χ2n) is 6.59. The first-order chi connectivity index (χ1) is 12.8. The summed E-state index contributed by atoms with van der Waals surface area (Å²) in [6.45, 7) is 0. The Morgan fingerprint density at radius 3 is 0.714 bits per heavy atom. The van der Waals surface area contributed by atoms with E-state index in [9.17, 15) is 0 Å². The molecule has 2 aromatic rings. The Kier molecular flexibility index (Phi) is 5.01. The van der Waals surface area contributed by atoms with Gasteiger partial charge in [-0.2, -0.15) is 0 Å². The van der Waals surface area contributed by atoms with Gasteiger partial charge in [-0.15, -0.1) is 0 Å². The largest absolute Gasteiger partial charge is 0.397 e. The molecule has 0 fully saturated rings. The Labute approximate surface area is 161 Å². The topological polar surface area (TPSA) is 338 Å². The number of anilines is 10. The van der Waals surface area contributed by atoms with Crippen molar-refractivity contribution < 1.29 is 0 Å². The molecule has 0 saturated heterocycles. The zero-order valence-electron chi connectivity index (χ0n) is 15.2. The van der Waals surface area contributed by atoms with Gasteiger partial charge in [-0.3, -0.25) is 0 Å². The van der Waals surface area contributed by atoms with Crippen molar-refractivity contribution in [2.45, 2.75) is 18.1 Å². The Morgan fingerprint density at radius 2 is 0.500 bits per heavy atom. The van der Waals surface area contributed by atoms with Gasteiger partial charge < -0.3 is 74.5 Å². The highest BCUT2D eigenvalue weighted by molar-refractivity contribution is 5.98. The van der Waals surface area contributed by atoms with Crippen LogP contribution in [0.5, 0.6) is 0 Å². The molecule has 0 aliphatic rings. The molecule has 0 amide bonds. The lowest BCUT2D eigenvalue weighted by Crippen LogP contribution is -2.44. The zero-order chi connectivity index (χ0) is 21.7. The molecular weight excluding hydrogens is 362 g/mol. The Balaban J connectivity index is 2.59. The first-order valence-electron chi connectivity index (χ1n) is 8.13. The molecule has 0 heterocycles. The predicted molar refractivity (Wildman–Crippen MR) is 119 cm³/mol. The number of nitrogens with two attached hydrogens (primary N) is 13. The summed E-state index contributed by atoms with van der Waals surface area (Å²) in [6, 6.07) is -2.99. The quantitative estimate of drug-likeness (QED) is 0.240. The average molecular weight is 391 g/mol. The molecule has 13 heteroatoms. The van der Waals surface area contributed by atoms with Crippen molar-refractivity contribution >= 4 is 56.9 Å². The average Bonchev–Trinajstić information content (AvgIpc) is 2.67. The van der Waals surface area contributed by atoms with Crippen LogP contribution in [0.15, 0.2) is 0 Å². The van der Waals surface area contributed by atoms with Crippen LogP contribution in [-0.2, 0) is 0 Å². The standard InChI is InChI=1S/C15H29N13/c16-3(1-5(18)10(23)14(27)11(24)6(1)19)9(22)4(17)2-7(20)12(25)15(28)13(26)8(2)21/h3-4,9H,16-28H2. The fraction of sp³-hybridized carbons (Fsp3) is 0.200. The minimum absolute atomic E-state index is 0.0397. The van der Waals surface area contributed by atoms with Crippen molar-refractivity contribution in [2.24, 2.45) is 17.2 Å². The van der Waals surface area contributed by atoms with Crippen molar-refractivity contribution in [2.75, 3.05) is 57.3 Å². The third-order valence-electron chi connectivity index (χ3n) is 4.98. The van der Waals surface area contributed by atoms with Crippen LogP contribution in [0.3, 0.4) is 0 Å². The van der Waals surface area contributed by atoms with Crippen molar-refractivity contribution in [3.05, 3.63) is 11.1 Å². The van der Waals surface area contributed by atoms with Crippen LogP contribution in [0.25, 0.3) is 0 Å². The minimum Gasteiger partial charge on any atom is -0.397 e. The van der Waals surface area contributed by atoms with E-state index in [2.05, 4.69) is 0 Å². The van der Waals surface area contributed by atoms with E-state index in [1.165, 1.54) is 0 Å². The molecule has 2 aromatic carbocycles. The van der Waals surface area contributed by atoms with Crippen LogP contribution in [0.1, 0.15) is 23.2 Å². The molecule has 2 unspecified atom stereocenters. The summed E-state index contributed by atoms with van der Waals surface area (Å²) in [6.07, 6.45) is 0. The first-order valence-corrected chi connectivity index (χ1v) is 8.13. The lowest BCUT2D eigenvalue weighted by atomic mass is 9.86. The van der Waals surface area contributed by atoms with Gasteiger partial charge in [0.1, 0.15) is 0 Å². The first kappa shape index (κ1) is 20.6. The maximum Gasteiger partial charge on any atom is 0.0824 e. The minimum atomic E-state index is -1.00. The molecule has 2 rings (SSSR count). The molecule has 13 nitrogen and oxygen atoms in total. The summed E-state index contributed by atoms with van der Waals surface area (Å²) in [4.78, 5) is 0. The Bertz CT molecular complexity index is 805. The lowest BCUT2D eigenvalue weighted by Gasteiger charge is -2.31. The molecule has 0 aliphatic heterocycles. The maximum atomic E-state index is 6.29. The molecule has 0 saturated carbocycles. The van der Waals surface area contributed by atoms with E-state index >= 15 is 0 Å². The van der Waals surface area contributed by atoms with Gasteiger partial charge in [0.25, 0.3) is 0 Å². The molecule has 0 aromatic heterocycles. The molecule has 0 bridgehead atoms. The van der Waals surface area contributed by atoms with Crippen LogP contribution in [0.2, 0.25) is 0 Å². The van der Waals surface area contributed by atoms with Gasteiger partial charge in [0.15, 0.2) is 0 Å². The van der Waals surface area contributed by atoms with Gasteiger partial charge in [0.05, 0.1) is 69.0 Å². The Morgan fingerprint density at radius 1 is 0.321 bits per heavy atom. The van der Waals surface area contributed by atoms with Gasteiger partial charge >= 0.3 is 0 Å². The smallest absolute Gasteiger partial charge is 0.0824 e. The van der Waals surface area contributed by atoms with Crippen LogP contribution in [-0.4, -0.2) is 6.04 Å². The van der Waals surface area contributed by atoms with Gasteiger partial charge in [-0.1, -0.05) is 0 Å². The monoisotopic (exact) mass is 391 g/mol. The van der Waals surface area contributed by atoms with E-state index in [0.717, 1.165) is 0 Å². The Hall–Kier alpha value is -3.68. The molecule has 154 valence electrons. The van der Waals surface area contributed by atoms with Gasteiger partial charge in [-0.05, 0) is 0 Å². The summed E-state index contributed by atoms with van der Waals surface area (Å²) in [5.41, 5.74) is 79.0. The highest BCUT2D eigenvalue weighted by Crippen LogP contribution is 2.45. The number of rotatable bonds is 4. The van der Waals surface area contributed by atoms with Crippen LogP contribution < -0.4 is 74.5 Å². The summed E-state index contributed by atoms with van der Waals surface area (Å²) in [5.74, 6) is 0. The van der Waals surface area contributed by atoms with E-state index in [0.29, 0.717) is 0 Å². The van der Waals surface area contributed by atoms with Crippen molar-refractivity contribution in [1.82, 2.24) is 0 Å². The van der Waals surface area contributed by atoms with Crippen LogP contribution in [0.4, 0.5) is 56.9 Å². The summed E-state index contributed by atoms with van der Waals surface area (Å²) in [7, 11) is 0. The maximum absolute atomic E-state index is 6.29. The molecule has 0 aliphatic carbocycles. The van der Waals surface area contributed by atoms with E-state index in [1.807, 2.05) is 0 Å². The summed E-state index contributed by atoms with van der Waals surface area (Å²) >= 11 is 0. The molecule has 2 atom stereocenters. The van der Waals surface area contributed by atoms with Gasteiger partial charge in [0.2, 0.25) is 0 Å². The second kappa shape index (κ2) is 6.80. The zero-order valence-corrected chi connectivity index (χ0v) is 15.2. The highest BCUT2D eigenvalue weighted by Gasteiger charge is 2.32. The molecule has 28 heavy (non-hydrogen) atoms. The third kappa shape index (κ3) is 2.79. The number of hydrogen-bond donors (Lipinski definition) is 13. The fourth-order valence-electron chi connectivity index (χ4n) is 3.07. The van der Waals surface area contributed by atoms with Crippen LogP contribution in [0, 0.1) is 0 Å². The van der Waals surface area contributed by atoms with Gasteiger partial charge in [0, 0.05) is 17.2 Å². The lowest BCUT2D eigenvalue weighted by molar-refractivity contribution is 0.468. The van der Waals surface area contributed by atoms with E-state index in [-0.39, 0.29) is 68.0 Å². The van der Waals surface area contributed by atoms with Gasteiger partial charge in [-0.25, -0.2) is 0 Å². The number of benzene rings is 2. The predicted octanol–water partition coefficient (Wildman–Crippen LogP) is -2.46. The van der Waals surface area contributed by atoms with Crippen LogP contribution >= 0.6 is 0 Å². The normalized spacial score (nSPS) is 14.5. The number of nitrogen functional groups attached to an aromatic ring is 10. The SMILES string of the molecule is Nc1c(N)c(N)c(C(N)C(N)C(N)c2c(N)c(N)c(N)c(N)c2N)c(N)c1N. The molecule has 0 radical (unpaired) electrons. The van der Waals surface area contributed by atoms with E-state index in [1.54, 1.807) is 0 Å². The summed E-state index contributed by atoms with van der Waals surface area (Å²) < 4.78 is 0. The summed E-state index contributed by atoms with van der Waals surface area (Å²) in [5, 5.41) is 0. The van der Waals surface area contributed by atoms with Crippen molar-refractivity contribution in [3.63, 3.8) is 0 Å².